The summed E-state index contributed by atoms with van der Waals surface area (Å²) in [6.07, 6.45) is 1.63. The monoisotopic (exact) mass is 402 g/mol. The topological polar surface area (TPSA) is 67.3 Å². The van der Waals surface area contributed by atoms with Crippen LogP contribution in [0.3, 0.4) is 0 Å². The quantitative estimate of drug-likeness (QED) is 0.662. The van der Waals surface area contributed by atoms with Crippen molar-refractivity contribution in [2.75, 3.05) is 24.3 Å². The zero-order valence-electron chi connectivity index (χ0n) is 15.2. The smallest absolute Gasteiger partial charge is 0.267 e. The first-order chi connectivity index (χ1) is 12.9. The molecule has 0 aliphatic carbocycles. The molecule has 3 aromatic rings. The molecule has 0 saturated carbocycles. The summed E-state index contributed by atoms with van der Waals surface area (Å²) >= 11 is 7.18. The van der Waals surface area contributed by atoms with E-state index >= 15 is 0 Å². The molecule has 2 aromatic heterocycles. The number of aromatic nitrogens is 2. The molecule has 2 heterocycles. The zero-order chi connectivity index (χ0) is 19.4. The number of benzene rings is 1. The van der Waals surface area contributed by atoms with Crippen LogP contribution in [0, 0.1) is 6.92 Å². The molecule has 3 rings (SSSR count). The maximum atomic E-state index is 12.5. The molecule has 0 radical (unpaired) electrons. The maximum Gasteiger partial charge on any atom is 0.267 e. The van der Waals surface area contributed by atoms with E-state index in [-0.39, 0.29) is 5.91 Å². The second-order valence-electron chi connectivity index (χ2n) is 6.02. The second-order valence-corrected chi connectivity index (χ2v) is 7.54. The standard InChI is InChI=1S/C19H19ClN4O2S/c1-12-18(19(25)23-14-6-9-16(21-10-14)24(2)3)27-17(22-12)11-26-15-7-4-13(20)5-8-15/h4-10H,11H2,1-3H3,(H,23,25). The van der Waals surface area contributed by atoms with E-state index in [0.717, 1.165) is 10.8 Å². The molecule has 0 unspecified atom stereocenters. The van der Waals surface area contributed by atoms with Crippen LogP contribution in [-0.4, -0.2) is 30.0 Å². The Balaban J connectivity index is 1.64. The number of pyridine rings is 1. The number of nitrogens with zero attached hydrogens (tertiary/aromatic N) is 3. The van der Waals surface area contributed by atoms with Gasteiger partial charge in [-0.2, -0.15) is 0 Å². The van der Waals surface area contributed by atoms with Crippen molar-refractivity contribution in [1.29, 1.82) is 0 Å². The van der Waals surface area contributed by atoms with Crippen LogP contribution < -0.4 is 15.0 Å². The molecule has 0 atom stereocenters. The van der Waals surface area contributed by atoms with Crippen LogP contribution in [-0.2, 0) is 6.61 Å². The molecular formula is C19H19ClN4O2S. The summed E-state index contributed by atoms with van der Waals surface area (Å²) in [5.41, 5.74) is 1.31. The summed E-state index contributed by atoms with van der Waals surface area (Å²) in [5.74, 6) is 1.32. The number of nitrogens with one attached hydrogen (secondary N) is 1. The van der Waals surface area contributed by atoms with Gasteiger partial charge in [0.1, 0.15) is 28.1 Å². The van der Waals surface area contributed by atoms with Gasteiger partial charge >= 0.3 is 0 Å². The minimum absolute atomic E-state index is 0.206. The minimum Gasteiger partial charge on any atom is -0.486 e. The van der Waals surface area contributed by atoms with Crippen LogP contribution >= 0.6 is 22.9 Å². The largest absolute Gasteiger partial charge is 0.486 e. The average Bonchev–Trinajstić information content (AvgIpc) is 3.02. The van der Waals surface area contributed by atoms with Gasteiger partial charge in [-0.25, -0.2) is 9.97 Å². The molecule has 0 spiro atoms. The van der Waals surface area contributed by atoms with Gasteiger partial charge in [0.15, 0.2) is 0 Å². The van der Waals surface area contributed by atoms with Crippen LogP contribution in [0.5, 0.6) is 5.75 Å². The van der Waals surface area contributed by atoms with Gasteiger partial charge in [-0.05, 0) is 43.3 Å². The predicted octanol–water partition coefficient (Wildman–Crippen LogP) is 4.40. The number of ether oxygens (including phenoxy) is 1. The number of hydrogen-bond donors (Lipinski definition) is 1. The lowest BCUT2D eigenvalue weighted by Crippen LogP contribution is -2.13. The highest BCUT2D eigenvalue weighted by Gasteiger charge is 2.16. The molecule has 8 heteroatoms. The fourth-order valence-corrected chi connectivity index (χ4v) is 3.31. The van der Waals surface area contributed by atoms with E-state index < -0.39 is 0 Å². The molecule has 0 aliphatic heterocycles. The molecule has 1 N–H and O–H groups in total. The summed E-state index contributed by atoms with van der Waals surface area (Å²) in [6.45, 7) is 2.10. The van der Waals surface area contributed by atoms with E-state index in [2.05, 4.69) is 15.3 Å². The Morgan fingerprint density at radius 3 is 2.59 bits per heavy atom. The third-order valence-corrected chi connectivity index (χ3v) is 5.07. The van der Waals surface area contributed by atoms with Gasteiger partial charge in [0.25, 0.3) is 5.91 Å². The lowest BCUT2D eigenvalue weighted by atomic mass is 10.3. The normalized spacial score (nSPS) is 10.5. The molecule has 0 saturated heterocycles. The molecule has 140 valence electrons. The van der Waals surface area contributed by atoms with E-state index in [1.54, 1.807) is 30.5 Å². The van der Waals surface area contributed by atoms with Gasteiger partial charge in [0.2, 0.25) is 0 Å². The Hall–Kier alpha value is -2.64. The maximum absolute atomic E-state index is 12.5. The number of carbonyl (C=O) groups excluding carboxylic acids is 1. The zero-order valence-corrected chi connectivity index (χ0v) is 16.8. The van der Waals surface area contributed by atoms with Crippen molar-refractivity contribution < 1.29 is 9.53 Å². The number of amides is 1. The Morgan fingerprint density at radius 1 is 1.22 bits per heavy atom. The number of carbonyl (C=O) groups is 1. The first-order valence-corrected chi connectivity index (χ1v) is 9.41. The highest BCUT2D eigenvalue weighted by atomic mass is 35.5. The molecule has 0 bridgehead atoms. The number of halogens is 1. The van der Waals surface area contributed by atoms with Crippen LogP contribution in [0.15, 0.2) is 42.6 Å². The number of hydrogen-bond acceptors (Lipinski definition) is 6. The minimum atomic E-state index is -0.206. The van der Waals surface area contributed by atoms with E-state index in [9.17, 15) is 4.79 Å². The van der Waals surface area contributed by atoms with Crippen LogP contribution in [0.2, 0.25) is 5.02 Å². The predicted molar refractivity (Wildman–Crippen MR) is 109 cm³/mol. The fourth-order valence-electron chi connectivity index (χ4n) is 2.31. The molecule has 1 aromatic carbocycles. The van der Waals surface area contributed by atoms with Crippen LogP contribution in [0.1, 0.15) is 20.4 Å². The van der Waals surface area contributed by atoms with E-state index in [1.165, 1.54) is 11.3 Å². The van der Waals surface area contributed by atoms with Gasteiger partial charge in [-0.1, -0.05) is 11.6 Å². The highest BCUT2D eigenvalue weighted by molar-refractivity contribution is 7.13. The lowest BCUT2D eigenvalue weighted by Gasteiger charge is -2.11. The highest BCUT2D eigenvalue weighted by Crippen LogP contribution is 2.23. The summed E-state index contributed by atoms with van der Waals surface area (Å²) in [7, 11) is 3.82. The van der Waals surface area contributed by atoms with E-state index in [1.807, 2.05) is 38.1 Å². The molecular weight excluding hydrogens is 384 g/mol. The van der Waals surface area contributed by atoms with Gasteiger partial charge in [-0.3, -0.25) is 4.79 Å². The van der Waals surface area contributed by atoms with Gasteiger partial charge in [0.05, 0.1) is 17.6 Å². The first kappa shape index (κ1) is 19.1. The summed E-state index contributed by atoms with van der Waals surface area (Å²) in [4.78, 5) is 23.7. The number of aryl methyl sites for hydroxylation is 1. The third kappa shape index (κ3) is 4.96. The van der Waals surface area contributed by atoms with Crippen LogP contribution in [0.4, 0.5) is 11.5 Å². The van der Waals surface area contributed by atoms with Crippen molar-refractivity contribution in [3.05, 3.63) is 63.2 Å². The Kier molecular flexibility index (Phi) is 5.93. The van der Waals surface area contributed by atoms with E-state index in [4.69, 9.17) is 16.3 Å². The van der Waals surface area contributed by atoms with E-state index in [0.29, 0.717) is 33.6 Å². The van der Waals surface area contributed by atoms with Crippen LogP contribution in [0.25, 0.3) is 0 Å². The van der Waals surface area contributed by atoms with Gasteiger partial charge in [-0.15, -0.1) is 11.3 Å². The number of anilines is 2. The summed E-state index contributed by atoms with van der Waals surface area (Å²) < 4.78 is 5.69. The molecule has 1 amide bonds. The van der Waals surface area contributed by atoms with Gasteiger partial charge in [0, 0.05) is 19.1 Å². The Morgan fingerprint density at radius 2 is 1.96 bits per heavy atom. The molecule has 0 aliphatic rings. The van der Waals surface area contributed by atoms with Crippen molar-refractivity contribution in [2.24, 2.45) is 0 Å². The third-order valence-electron chi connectivity index (χ3n) is 3.69. The lowest BCUT2D eigenvalue weighted by molar-refractivity contribution is 0.103. The molecule has 0 fully saturated rings. The molecule has 27 heavy (non-hydrogen) atoms. The number of thiazole rings is 1. The SMILES string of the molecule is Cc1nc(COc2ccc(Cl)cc2)sc1C(=O)Nc1ccc(N(C)C)nc1. The Bertz CT molecular complexity index is 924. The summed E-state index contributed by atoms with van der Waals surface area (Å²) in [6, 6.07) is 10.8. The second kappa shape index (κ2) is 8.37. The van der Waals surface area contributed by atoms with Crippen molar-refractivity contribution in [3.63, 3.8) is 0 Å². The number of rotatable bonds is 6. The van der Waals surface area contributed by atoms with Crippen molar-refractivity contribution in [2.45, 2.75) is 13.5 Å². The van der Waals surface area contributed by atoms with Crippen molar-refractivity contribution in [1.82, 2.24) is 9.97 Å². The molecule has 6 nitrogen and oxygen atoms in total. The average molecular weight is 403 g/mol. The van der Waals surface area contributed by atoms with Gasteiger partial charge < -0.3 is 15.0 Å². The fraction of sp³-hybridized carbons (Fsp3) is 0.211. The van der Waals surface area contributed by atoms with Crippen molar-refractivity contribution in [3.8, 4) is 5.75 Å². The first-order valence-electron chi connectivity index (χ1n) is 8.22. The Labute approximate surface area is 166 Å². The summed E-state index contributed by atoms with van der Waals surface area (Å²) in [5, 5.41) is 4.24. The van der Waals surface area contributed by atoms with Crippen molar-refractivity contribution >= 4 is 40.4 Å².